The Morgan fingerprint density at radius 3 is 2.63 bits per heavy atom. The lowest BCUT2D eigenvalue weighted by Crippen LogP contribution is -2.36. The van der Waals surface area contributed by atoms with Gasteiger partial charge < -0.3 is 14.2 Å². The number of rotatable bonds is 5. The molecule has 0 unspecified atom stereocenters. The first-order valence-electron chi connectivity index (χ1n) is 9.60. The van der Waals surface area contributed by atoms with Gasteiger partial charge in [-0.3, -0.25) is 9.69 Å². The number of hydrogen-bond donors (Lipinski definition) is 1. The summed E-state index contributed by atoms with van der Waals surface area (Å²) in [6.45, 7) is 8.63. The fraction of sp³-hybridized carbons (Fsp3) is 0.409. The van der Waals surface area contributed by atoms with Crippen LogP contribution in [0.3, 0.4) is 0 Å². The Morgan fingerprint density at radius 1 is 1.19 bits per heavy atom. The lowest BCUT2D eigenvalue weighted by molar-refractivity contribution is 0.0907. The molecule has 5 nitrogen and oxygen atoms in total. The highest BCUT2D eigenvalue weighted by molar-refractivity contribution is 5.99. The molecule has 1 aliphatic heterocycles. The summed E-state index contributed by atoms with van der Waals surface area (Å²) < 4.78 is 11.5. The molecule has 1 atom stereocenters. The molecule has 1 aliphatic rings. The third-order valence-electron chi connectivity index (χ3n) is 5.67. The number of hydrogen-bond acceptors (Lipinski definition) is 4. The topological polar surface area (TPSA) is 58.6 Å². The van der Waals surface area contributed by atoms with Crippen LogP contribution < -0.4 is 5.32 Å². The minimum atomic E-state index is -0.172. The summed E-state index contributed by atoms with van der Waals surface area (Å²) in [5, 5.41) is 4.07. The first-order valence-corrected chi connectivity index (χ1v) is 9.60. The number of nitrogens with one attached hydrogen (secondary N) is 1. The second-order valence-electron chi connectivity index (χ2n) is 7.47. The zero-order valence-electron chi connectivity index (χ0n) is 16.2. The predicted octanol–water partition coefficient (Wildman–Crippen LogP) is 4.52. The molecule has 27 heavy (non-hydrogen) atoms. The van der Waals surface area contributed by atoms with Gasteiger partial charge in [0.15, 0.2) is 5.76 Å². The van der Waals surface area contributed by atoms with E-state index in [1.54, 1.807) is 6.26 Å². The van der Waals surface area contributed by atoms with E-state index in [-0.39, 0.29) is 11.9 Å². The van der Waals surface area contributed by atoms with Gasteiger partial charge in [-0.25, -0.2) is 0 Å². The van der Waals surface area contributed by atoms with Crippen molar-refractivity contribution in [3.05, 3.63) is 58.7 Å². The molecule has 1 N–H and O–H groups in total. The van der Waals surface area contributed by atoms with Crippen molar-refractivity contribution in [2.24, 2.45) is 0 Å². The number of nitrogens with zero attached hydrogens (tertiary/aromatic N) is 1. The van der Waals surface area contributed by atoms with Gasteiger partial charge in [0, 0.05) is 17.5 Å². The van der Waals surface area contributed by atoms with Crippen LogP contribution in [0.1, 0.15) is 51.9 Å². The van der Waals surface area contributed by atoms with E-state index in [0.717, 1.165) is 40.9 Å². The summed E-state index contributed by atoms with van der Waals surface area (Å²) in [6, 6.07) is 8.03. The highest BCUT2D eigenvalue weighted by Crippen LogP contribution is 2.29. The van der Waals surface area contributed by atoms with E-state index in [4.69, 9.17) is 8.83 Å². The fourth-order valence-electron chi connectivity index (χ4n) is 3.91. The van der Waals surface area contributed by atoms with Crippen molar-refractivity contribution in [3.8, 4) is 0 Å². The molecule has 4 rings (SSSR count). The molecule has 0 saturated carbocycles. The lowest BCUT2D eigenvalue weighted by atomic mass is 10.0. The minimum absolute atomic E-state index is 0.0561. The maximum atomic E-state index is 12.8. The number of fused-ring (bicyclic) bond motifs is 1. The van der Waals surface area contributed by atoms with Gasteiger partial charge in [-0.15, -0.1) is 0 Å². The van der Waals surface area contributed by atoms with E-state index in [0.29, 0.717) is 12.3 Å². The van der Waals surface area contributed by atoms with E-state index >= 15 is 0 Å². The molecule has 1 aromatic carbocycles. The van der Waals surface area contributed by atoms with Crippen LogP contribution in [-0.4, -0.2) is 30.4 Å². The Labute approximate surface area is 159 Å². The van der Waals surface area contributed by atoms with Gasteiger partial charge in [0.25, 0.3) is 5.91 Å². The van der Waals surface area contributed by atoms with Gasteiger partial charge in [0.05, 0.1) is 12.3 Å². The molecule has 1 amide bonds. The van der Waals surface area contributed by atoms with E-state index in [1.165, 1.54) is 18.4 Å². The SMILES string of the molecule is Cc1cc2oc(C(=O)NC[C@H](c3ccco3)N3CCCC3)c(C)c2cc1C. The van der Waals surface area contributed by atoms with E-state index in [1.807, 2.05) is 25.1 Å². The summed E-state index contributed by atoms with van der Waals surface area (Å²) in [5.41, 5.74) is 4.02. The van der Waals surface area contributed by atoms with Crippen LogP contribution in [0.2, 0.25) is 0 Å². The standard InChI is InChI=1S/C22H26N2O3/c1-14-11-17-16(3)21(27-20(17)12-15(14)2)22(25)23-13-18(19-7-6-10-26-19)24-8-4-5-9-24/h6-7,10-12,18H,4-5,8-9,13H2,1-3H3,(H,23,25)/t18-/m1/s1. The third-order valence-corrected chi connectivity index (χ3v) is 5.67. The van der Waals surface area contributed by atoms with Crippen molar-refractivity contribution in [1.82, 2.24) is 10.2 Å². The summed E-state index contributed by atoms with van der Waals surface area (Å²) >= 11 is 0. The van der Waals surface area contributed by atoms with Crippen molar-refractivity contribution >= 4 is 16.9 Å². The van der Waals surface area contributed by atoms with Crippen molar-refractivity contribution < 1.29 is 13.6 Å². The molecule has 3 heterocycles. The number of amides is 1. The number of likely N-dealkylation sites (tertiary alicyclic amines) is 1. The molecule has 2 aromatic heterocycles. The van der Waals surface area contributed by atoms with Crippen LogP contribution in [0.25, 0.3) is 11.0 Å². The van der Waals surface area contributed by atoms with Gasteiger partial charge in [-0.05, 0) is 82.1 Å². The quantitative estimate of drug-likeness (QED) is 0.721. The van der Waals surface area contributed by atoms with Crippen LogP contribution in [0, 0.1) is 20.8 Å². The van der Waals surface area contributed by atoms with Crippen molar-refractivity contribution in [3.63, 3.8) is 0 Å². The largest absolute Gasteiger partial charge is 0.468 e. The zero-order valence-corrected chi connectivity index (χ0v) is 16.2. The summed E-state index contributed by atoms with van der Waals surface area (Å²) in [6.07, 6.45) is 4.06. The second kappa shape index (κ2) is 7.24. The number of furan rings is 2. The Balaban J connectivity index is 1.54. The average molecular weight is 366 g/mol. The van der Waals surface area contributed by atoms with Crippen LogP contribution >= 0.6 is 0 Å². The molecule has 0 radical (unpaired) electrons. The third kappa shape index (κ3) is 3.39. The molecule has 142 valence electrons. The summed E-state index contributed by atoms with van der Waals surface area (Å²) in [4.78, 5) is 15.2. The van der Waals surface area contributed by atoms with E-state index < -0.39 is 0 Å². The zero-order chi connectivity index (χ0) is 19.0. The van der Waals surface area contributed by atoms with E-state index in [9.17, 15) is 4.79 Å². The summed E-state index contributed by atoms with van der Waals surface area (Å²) in [5.74, 6) is 1.12. The predicted molar refractivity (Wildman–Crippen MR) is 105 cm³/mol. The molecule has 5 heteroatoms. The smallest absolute Gasteiger partial charge is 0.287 e. The molecular weight excluding hydrogens is 340 g/mol. The van der Waals surface area contributed by atoms with Crippen LogP contribution in [0.4, 0.5) is 0 Å². The Morgan fingerprint density at radius 2 is 1.93 bits per heavy atom. The molecule has 1 fully saturated rings. The van der Waals surface area contributed by atoms with Crippen LogP contribution in [-0.2, 0) is 0 Å². The monoisotopic (exact) mass is 366 g/mol. The van der Waals surface area contributed by atoms with Gasteiger partial charge in [-0.2, -0.15) is 0 Å². The molecule has 0 spiro atoms. The average Bonchev–Trinajstić information content (AvgIpc) is 3.39. The minimum Gasteiger partial charge on any atom is -0.468 e. The van der Waals surface area contributed by atoms with Crippen molar-refractivity contribution in [2.75, 3.05) is 19.6 Å². The maximum Gasteiger partial charge on any atom is 0.287 e. The molecule has 1 saturated heterocycles. The van der Waals surface area contributed by atoms with Crippen LogP contribution in [0.5, 0.6) is 0 Å². The molecule has 3 aromatic rings. The van der Waals surface area contributed by atoms with Gasteiger partial charge in [0.2, 0.25) is 0 Å². The Hall–Kier alpha value is -2.53. The molecule has 0 aliphatic carbocycles. The molecule has 0 bridgehead atoms. The number of benzene rings is 1. The first-order chi connectivity index (χ1) is 13.0. The van der Waals surface area contributed by atoms with E-state index in [2.05, 4.69) is 30.1 Å². The maximum absolute atomic E-state index is 12.8. The number of aryl methyl sites for hydroxylation is 3. The normalized spacial score (nSPS) is 16.1. The van der Waals surface area contributed by atoms with Crippen LogP contribution in [0.15, 0.2) is 39.4 Å². The highest BCUT2D eigenvalue weighted by atomic mass is 16.3. The number of carbonyl (C=O) groups excluding carboxylic acids is 1. The van der Waals surface area contributed by atoms with Gasteiger partial charge >= 0.3 is 0 Å². The fourth-order valence-corrected chi connectivity index (χ4v) is 3.91. The Kier molecular flexibility index (Phi) is 4.79. The first kappa shape index (κ1) is 17.9. The van der Waals surface area contributed by atoms with Crippen molar-refractivity contribution in [1.29, 1.82) is 0 Å². The van der Waals surface area contributed by atoms with Crippen molar-refractivity contribution in [2.45, 2.75) is 39.7 Å². The van der Waals surface area contributed by atoms with Gasteiger partial charge in [0.1, 0.15) is 11.3 Å². The van der Waals surface area contributed by atoms with Gasteiger partial charge in [-0.1, -0.05) is 0 Å². The summed E-state index contributed by atoms with van der Waals surface area (Å²) in [7, 11) is 0. The molecular formula is C22H26N2O3. The second-order valence-corrected chi connectivity index (χ2v) is 7.47. The number of carbonyl (C=O) groups is 1. The lowest BCUT2D eigenvalue weighted by Gasteiger charge is -2.25. The Bertz CT molecular complexity index is 950. The highest BCUT2D eigenvalue weighted by Gasteiger charge is 2.27.